The van der Waals surface area contributed by atoms with Crippen molar-refractivity contribution in [2.24, 2.45) is 17.8 Å². The highest BCUT2D eigenvalue weighted by Gasteiger charge is 2.56. The molecule has 6 nitrogen and oxygen atoms in total. The summed E-state index contributed by atoms with van der Waals surface area (Å²) >= 11 is 6.44. The Hall–Kier alpha value is -1.56. The molecule has 0 spiro atoms. The Bertz CT molecular complexity index is 765. The van der Waals surface area contributed by atoms with E-state index in [1.165, 1.54) is 0 Å². The van der Waals surface area contributed by atoms with Crippen molar-refractivity contribution in [1.82, 2.24) is 20.4 Å². The van der Waals surface area contributed by atoms with Crippen LogP contribution in [-0.2, 0) is 10.3 Å². The Morgan fingerprint density at radius 3 is 2.37 bits per heavy atom. The van der Waals surface area contributed by atoms with Gasteiger partial charge in [0.15, 0.2) is 0 Å². The summed E-state index contributed by atoms with van der Waals surface area (Å²) in [7, 11) is 0. The molecule has 4 aliphatic carbocycles. The highest BCUT2D eigenvalue weighted by atomic mass is 35.5. The van der Waals surface area contributed by atoms with Gasteiger partial charge in [0, 0.05) is 18.5 Å². The van der Waals surface area contributed by atoms with Crippen molar-refractivity contribution < 1.29 is 9.59 Å². The molecule has 4 aliphatic rings. The molecular formula is C20H29ClN4O2. The molecule has 27 heavy (non-hydrogen) atoms. The second-order valence-electron chi connectivity index (χ2n) is 9.86. The van der Waals surface area contributed by atoms with E-state index in [0.29, 0.717) is 28.5 Å². The Kier molecular flexibility index (Phi) is 4.33. The third-order valence-corrected chi connectivity index (χ3v) is 6.97. The smallest absolute Gasteiger partial charge is 0.256 e. The number of hydrogen-bond donors (Lipinski definition) is 2. The van der Waals surface area contributed by atoms with Crippen molar-refractivity contribution in [1.29, 1.82) is 0 Å². The van der Waals surface area contributed by atoms with Crippen LogP contribution >= 0.6 is 11.6 Å². The number of carbonyl (C=O) groups is 2. The number of carbonyl (C=O) groups excluding carboxylic acids is 2. The average Bonchev–Trinajstić information content (AvgIpc) is 2.90. The lowest BCUT2D eigenvalue weighted by Crippen LogP contribution is -2.66. The molecule has 4 bridgehead atoms. The zero-order valence-corrected chi connectivity index (χ0v) is 17.3. The quantitative estimate of drug-likeness (QED) is 0.829. The summed E-state index contributed by atoms with van der Waals surface area (Å²) in [5.41, 5.74) is 0.110. The van der Waals surface area contributed by atoms with Gasteiger partial charge in [0.1, 0.15) is 5.15 Å². The average molecular weight is 393 g/mol. The molecule has 0 aromatic carbocycles. The molecule has 5 atom stereocenters. The van der Waals surface area contributed by atoms with Crippen molar-refractivity contribution in [3.05, 3.63) is 16.9 Å². The fraction of sp³-hybridized carbons (Fsp3) is 0.750. The number of halogens is 1. The summed E-state index contributed by atoms with van der Waals surface area (Å²) in [4.78, 5) is 24.6. The van der Waals surface area contributed by atoms with Crippen molar-refractivity contribution in [2.75, 3.05) is 0 Å². The third-order valence-electron chi connectivity index (χ3n) is 6.60. The van der Waals surface area contributed by atoms with Gasteiger partial charge in [-0.25, -0.2) is 4.68 Å². The predicted octanol–water partition coefficient (Wildman–Crippen LogP) is 3.10. The number of nitrogens with one attached hydrogen (secondary N) is 2. The molecule has 0 radical (unpaired) electrons. The number of rotatable bonds is 3. The van der Waals surface area contributed by atoms with Gasteiger partial charge in [-0.3, -0.25) is 9.59 Å². The Morgan fingerprint density at radius 1 is 1.22 bits per heavy atom. The summed E-state index contributed by atoms with van der Waals surface area (Å²) in [6, 6.07) is 0.157. The number of amides is 2. The van der Waals surface area contributed by atoms with Gasteiger partial charge < -0.3 is 10.6 Å². The minimum atomic E-state index is -0.275. The summed E-state index contributed by atoms with van der Waals surface area (Å²) < 4.78 is 1.69. The van der Waals surface area contributed by atoms with Gasteiger partial charge >= 0.3 is 0 Å². The maximum absolute atomic E-state index is 12.9. The summed E-state index contributed by atoms with van der Waals surface area (Å²) in [6.45, 7) is 7.62. The van der Waals surface area contributed by atoms with Crippen LogP contribution in [0.4, 0.5) is 0 Å². The molecule has 7 heteroatoms. The first-order valence-electron chi connectivity index (χ1n) is 9.92. The highest BCUT2D eigenvalue weighted by molar-refractivity contribution is 6.32. The van der Waals surface area contributed by atoms with Gasteiger partial charge in [-0.2, -0.15) is 5.10 Å². The number of nitrogens with zero attached hydrogens (tertiary/aromatic N) is 2. The normalized spacial score (nSPS) is 34.6. The fourth-order valence-electron chi connectivity index (χ4n) is 5.97. The van der Waals surface area contributed by atoms with Crippen LogP contribution in [-0.4, -0.2) is 33.2 Å². The van der Waals surface area contributed by atoms with Crippen molar-refractivity contribution in [2.45, 2.75) is 76.9 Å². The van der Waals surface area contributed by atoms with E-state index < -0.39 is 0 Å². The number of aromatic nitrogens is 2. The second-order valence-corrected chi connectivity index (χ2v) is 10.2. The van der Waals surface area contributed by atoms with E-state index in [1.54, 1.807) is 17.8 Å². The summed E-state index contributed by atoms with van der Waals surface area (Å²) in [6.07, 6.45) is 6.84. The van der Waals surface area contributed by atoms with E-state index in [2.05, 4.69) is 15.7 Å². The van der Waals surface area contributed by atoms with E-state index in [9.17, 15) is 9.59 Å². The maximum Gasteiger partial charge on any atom is 0.256 e. The fourth-order valence-corrected chi connectivity index (χ4v) is 6.40. The molecule has 148 valence electrons. The lowest BCUT2D eigenvalue weighted by molar-refractivity contribution is -0.125. The van der Waals surface area contributed by atoms with Gasteiger partial charge in [-0.1, -0.05) is 11.6 Å². The molecule has 2 N–H and O–H groups in total. The van der Waals surface area contributed by atoms with E-state index >= 15 is 0 Å². The standard InChI is InChI=1S/C20H29ClN4O2/c1-11(26)24-20-7-12-5-13(8-20)16(14(6-12)9-20)23-18(27)15-10-22-25(17(15)21)19(2,3)4/h10,12-14,16H,5-9H2,1-4H3,(H,23,27)(H,24,26)/t12?,13-,14+,16?,20?. The SMILES string of the molecule is CC(=O)NC12CC3C[C@H](C1)C(NC(=O)c1cnn(C(C)(C)C)c1Cl)[C@@H](C3)C2. The first-order valence-corrected chi connectivity index (χ1v) is 10.3. The van der Waals surface area contributed by atoms with Crippen LogP contribution in [0.1, 0.15) is 70.2 Å². The van der Waals surface area contributed by atoms with Crippen LogP contribution < -0.4 is 10.6 Å². The Balaban J connectivity index is 1.51. The molecular weight excluding hydrogens is 364 g/mol. The predicted molar refractivity (Wildman–Crippen MR) is 104 cm³/mol. The summed E-state index contributed by atoms with van der Waals surface area (Å²) in [5, 5.41) is 11.2. The first kappa shape index (κ1) is 18.8. The molecule has 0 saturated heterocycles. The topological polar surface area (TPSA) is 76.0 Å². The molecule has 5 rings (SSSR count). The van der Waals surface area contributed by atoms with E-state index in [4.69, 9.17) is 11.6 Å². The molecule has 1 aromatic rings. The van der Waals surface area contributed by atoms with Crippen LogP contribution in [0.15, 0.2) is 6.20 Å². The second kappa shape index (κ2) is 6.23. The number of hydrogen-bond acceptors (Lipinski definition) is 3. The molecule has 3 unspecified atom stereocenters. The minimum Gasteiger partial charge on any atom is -0.351 e. The van der Waals surface area contributed by atoms with Crippen molar-refractivity contribution in [3.63, 3.8) is 0 Å². The lowest BCUT2D eigenvalue weighted by Gasteiger charge is -2.60. The molecule has 1 heterocycles. The zero-order valence-electron chi connectivity index (χ0n) is 16.5. The molecule has 2 amide bonds. The van der Waals surface area contributed by atoms with Gasteiger partial charge in [-0.05, 0) is 70.6 Å². The Morgan fingerprint density at radius 2 is 1.85 bits per heavy atom. The molecule has 1 aromatic heterocycles. The van der Waals surface area contributed by atoms with E-state index in [1.807, 2.05) is 20.8 Å². The van der Waals surface area contributed by atoms with Crippen LogP contribution in [0.2, 0.25) is 5.15 Å². The first-order chi connectivity index (χ1) is 12.6. The lowest BCUT2D eigenvalue weighted by atomic mass is 9.51. The van der Waals surface area contributed by atoms with Gasteiger partial charge in [-0.15, -0.1) is 0 Å². The molecule has 4 fully saturated rings. The van der Waals surface area contributed by atoms with Crippen LogP contribution in [0, 0.1) is 17.8 Å². The minimum absolute atomic E-state index is 0.0545. The third kappa shape index (κ3) is 3.26. The Labute approximate surface area is 165 Å². The van der Waals surface area contributed by atoms with Crippen LogP contribution in [0.25, 0.3) is 0 Å². The van der Waals surface area contributed by atoms with Crippen molar-refractivity contribution in [3.8, 4) is 0 Å². The van der Waals surface area contributed by atoms with Gasteiger partial charge in [0.25, 0.3) is 5.91 Å². The van der Waals surface area contributed by atoms with Crippen LogP contribution in [0.5, 0.6) is 0 Å². The van der Waals surface area contributed by atoms with E-state index in [-0.39, 0.29) is 28.9 Å². The van der Waals surface area contributed by atoms with Gasteiger partial charge in [0.2, 0.25) is 5.91 Å². The molecule has 4 saturated carbocycles. The van der Waals surface area contributed by atoms with E-state index in [0.717, 1.165) is 32.1 Å². The monoisotopic (exact) mass is 392 g/mol. The van der Waals surface area contributed by atoms with Crippen LogP contribution in [0.3, 0.4) is 0 Å². The highest BCUT2D eigenvalue weighted by Crippen LogP contribution is 2.55. The largest absolute Gasteiger partial charge is 0.351 e. The van der Waals surface area contributed by atoms with Gasteiger partial charge in [0.05, 0.1) is 17.3 Å². The summed E-state index contributed by atoms with van der Waals surface area (Å²) in [5.74, 6) is 1.42. The molecule has 0 aliphatic heterocycles. The zero-order chi connectivity index (χ0) is 19.6. The van der Waals surface area contributed by atoms with Crippen molar-refractivity contribution >= 4 is 23.4 Å². The maximum atomic E-state index is 12.9.